The first-order valence-electron chi connectivity index (χ1n) is 4.58. The van der Waals surface area contributed by atoms with Crippen molar-refractivity contribution >= 4 is 5.97 Å². The van der Waals surface area contributed by atoms with Crippen molar-refractivity contribution in [3.8, 4) is 11.1 Å². The van der Waals surface area contributed by atoms with Crippen LogP contribution in [0.5, 0.6) is 0 Å². The molecule has 0 unspecified atom stereocenters. The molecule has 1 heterocycles. The molecule has 6 heteroatoms. The Hall–Kier alpha value is -2.37. The Labute approximate surface area is 94.6 Å². The molecule has 0 aliphatic rings. The van der Waals surface area contributed by atoms with Gasteiger partial charge >= 0.3 is 5.97 Å². The highest BCUT2D eigenvalue weighted by Gasteiger charge is 2.18. The summed E-state index contributed by atoms with van der Waals surface area (Å²) in [7, 11) is 0. The smallest absolute Gasteiger partial charge is 0.338 e. The Morgan fingerprint density at radius 1 is 1.12 bits per heavy atom. The maximum atomic E-state index is 13.6. The molecule has 0 amide bonds. The zero-order valence-electron chi connectivity index (χ0n) is 8.39. The molecule has 0 saturated heterocycles. The van der Waals surface area contributed by atoms with E-state index in [-0.39, 0.29) is 11.1 Å². The zero-order chi connectivity index (χ0) is 12.4. The van der Waals surface area contributed by atoms with Crippen molar-refractivity contribution in [2.24, 2.45) is 0 Å². The highest BCUT2D eigenvalue weighted by molar-refractivity contribution is 5.88. The van der Waals surface area contributed by atoms with Crippen LogP contribution in [0.3, 0.4) is 0 Å². The maximum absolute atomic E-state index is 13.6. The monoisotopic (exact) mass is 236 g/mol. The van der Waals surface area contributed by atoms with E-state index >= 15 is 0 Å². The molecule has 86 valence electrons. The van der Waals surface area contributed by atoms with E-state index in [0.29, 0.717) is 0 Å². The van der Waals surface area contributed by atoms with Crippen LogP contribution in [0.4, 0.5) is 8.78 Å². The van der Waals surface area contributed by atoms with Crippen LogP contribution in [-0.4, -0.2) is 21.0 Å². The Morgan fingerprint density at radius 2 is 1.76 bits per heavy atom. The number of carbonyl (C=O) groups is 1. The Balaban J connectivity index is 2.60. The Bertz CT molecular complexity index is 573. The summed E-state index contributed by atoms with van der Waals surface area (Å²) in [6, 6.07) is 2.18. The summed E-state index contributed by atoms with van der Waals surface area (Å²) in [5.74, 6) is -4.13. The van der Waals surface area contributed by atoms with Gasteiger partial charge in [-0.05, 0) is 6.07 Å². The molecule has 4 nitrogen and oxygen atoms in total. The number of nitrogens with zero attached hydrogens (tertiary/aromatic N) is 2. The predicted molar refractivity (Wildman–Crippen MR) is 54.3 cm³/mol. The summed E-state index contributed by atoms with van der Waals surface area (Å²) in [4.78, 5) is 17.9. The molecule has 1 aromatic heterocycles. The van der Waals surface area contributed by atoms with Gasteiger partial charge in [0.25, 0.3) is 0 Å². The minimum atomic E-state index is -1.52. The van der Waals surface area contributed by atoms with Crippen molar-refractivity contribution in [2.45, 2.75) is 0 Å². The van der Waals surface area contributed by atoms with Crippen LogP contribution in [0, 0.1) is 11.6 Å². The van der Waals surface area contributed by atoms with E-state index in [4.69, 9.17) is 5.11 Å². The minimum absolute atomic E-state index is 0.0758. The third-order valence-electron chi connectivity index (χ3n) is 2.18. The second-order valence-corrected chi connectivity index (χ2v) is 3.22. The standard InChI is InChI=1S/C11H6F2N2O2/c12-9-7(6-3-14-5-15-4-6)1-2-8(10(9)13)11(16)17/h1-5H,(H,16,17). The lowest BCUT2D eigenvalue weighted by atomic mass is 10.1. The fourth-order valence-electron chi connectivity index (χ4n) is 1.38. The van der Waals surface area contributed by atoms with Gasteiger partial charge in [-0.3, -0.25) is 0 Å². The summed E-state index contributed by atoms with van der Waals surface area (Å²) in [5, 5.41) is 8.62. The summed E-state index contributed by atoms with van der Waals surface area (Å²) in [5.41, 5.74) is -0.503. The normalized spacial score (nSPS) is 10.2. The molecule has 0 bridgehead atoms. The van der Waals surface area contributed by atoms with E-state index in [0.717, 1.165) is 6.07 Å². The maximum Gasteiger partial charge on any atom is 0.338 e. The van der Waals surface area contributed by atoms with E-state index < -0.39 is 23.2 Å². The average Bonchev–Trinajstić information content (AvgIpc) is 2.33. The van der Waals surface area contributed by atoms with Crippen LogP contribution in [0.15, 0.2) is 30.9 Å². The Kier molecular flexibility index (Phi) is 2.78. The summed E-state index contributed by atoms with van der Waals surface area (Å²) in [6.45, 7) is 0. The largest absolute Gasteiger partial charge is 0.478 e. The fourth-order valence-corrected chi connectivity index (χ4v) is 1.38. The second-order valence-electron chi connectivity index (χ2n) is 3.22. The number of halogens is 2. The lowest BCUT2D eigenvalue weighted by Crippen LogP contribution is -2.04. The van der Waals surface area contributed by atoms with Crippen LogP contribution in [0.2, 0.25) is 0 Å². The number of aromatic nitrogens is 2. The SMILES string of the molecule is O=C(O)c1ccc(-c2cncnc2)c(F)c1F. The molecular weight excluding hydrogens is 230 g/mol. The summed E-state index contributed by atoms with van der Waals surface area (Å²) < 4.78 is 27.0. The van der Waals surface area contributed by atoms with Gasteiger partial charge in [-0.1, -0.05) is 6.07 Å². The van der Waals surface area contributed by atoms with Gasteiger partial charge in [-0.15, -0.1) is 0 Å². The van der Waals surface area contributed by atoms with Gasteiger partial charge in [0.05, 0.1) is 5.56 Å². The number of rotatable bonds is 2. The van der Waals surface area contributed by atoms with Crippen LogP contribution in [0.1, 0.15) is 10.4 Å². The van der Waals surface area contributed by atoms with Crippen LogP contribution < -0.4 is 0 Å². The van der Waals surface area contributed by atoms with E-state index in [1.807, 2.05) is 0 Å². The molecule has 0 fully saturated rings. The van der Waals surface area contributed by atoms with Crippen molar-refractivity contribution in [1.82, 2.24) is 9.97 Å². The first-order chi connectivity index (χ1) is 8.11. The molecule has 17 heavy (non-hydrogen) atoms. The molecule has 1 aromatic carbocycles. The molecule has 0 radical (unpaired) electrons. The number of carboxylic acids is 1. The van der Waals surface area contributed by atoms with Gasteiger partial charge in [-0.2, -0.15) is 0 Å². The van der Waals surface area contributed by atoms with Crippen molar-refractivity contribution < 1.29 is 18.7 Å². The van der Waals surface area contributed by atoms with Crippen molar-refractivity contribution in [1.29, 1.82) is 0 Å². The lowest BCUT2D eigenvalue weighted by Gasteiger charge is -2.05. The van der Waals surface area contributed by atoms with Gasteiger partial charge in [0.1, 0.15) is 6.33 Å². The number of aromatic carboxylic acids is 1. The van der Waals surface area contributed by atoms with E-state index in [9.17, 15) is 13.6 Å². The number of hydrogen-bond donors (Lipinski definition) is 1. The highest BCUT2D eigenvalue weighted by atomic mass is 19.2. The average molecular weight is 236 g/mol. The zero-order valence-corrected chi connectivity index (χ0v) is 8.39. The molecule has 0 atom stereocenters. The lowest BCUT2D eigenvalue weighted by molar-refractivity contribution is 0.0690. The van der Waals surface area contributed by atoms with Crippen LogP contribution in [0.25, 0.3) is 11.1 Å². The van der Waals surface area contributed by atoms with Crippen molar-refractivity contribution in [3.63, 3.8) is 0 Å². The van der Waals surface area contributed by atoms with Gasteiger partial charge in [-0.25, -0.2) is 23.5 Å². The quantitative estimate of drug-likeness (QED) is 0.867. The highest BCUT2D eigenvalue weighted by Crippen LogP contribution is 2.25. The van der Waals surface area contributed by atoms with Gasteiger partial charge < -0.3 is 5.11 Å². The predicted octanol–water partition coefficient (Wildman–Crippen LogP) is 2.12. The molecule has 0 saturated carbocycles. The first-order valence-corrected chi connectivity index (χ1v) is 4.58. The third-order valence-corrected chi connectivity index (χ3v) is 2.18. The van der Waals surface area contributed by atoms with Crippen LogP contribution >= 0.6 is 0 Å². The summed E-state index contributed by atoms with van der Waals surface area (Å²) >= 11 is 0. The number of benzene rings is 1. The van der Waals surface area contributed by atoms with E-state index in [1.165, 1.54) is 24.8 Å². The third kappa shape index (κ3) is 1.96. The molecular formula is C11H6F2N2O2. The molecule has 0 aliphatic heterocycles. The van der Waals surface area contributed by atoms with Gasteiger partial charge in [0.2, 0.25) is 0 Å². The second kappa shape index (κ2) is 4.25. The fraction of sp³-hybridized carbons (Fsp3) is 0. The molecule has 2 rings (SSSR count). The van der Waals surface area contributed by atoms with Gasteiger partial charge in [0, 0.05) is 23.5 Å². The first kappa shape index (κ1) is 11.1. The molecule has 0 spiro atoms. The molecule has 2 aromatic rings. The van der Waals surface area contributed by atoms with Crippen molar-refractivity contribution in [2.75, 3.05) is 0 Å². The number of carboxylic acid groups (broad SMARTS) is 1. The Morgan fingerprint density at radius 3 is 2.35 bits per heavy atom. The molecule has 0 aliphatic carbocycles. The molecule has 1 N–H and O–H groups in total. The minimum Gasteiger partial charge on any atom is -0.478 e. The summed E-state index contributed by atoms with van der Waals surface area (Å²) in [6.07, 6.45) is 3.87. The van der Waals surface area contributed by atoms with Crippen molar-refractivity contribution in [3.05, 3.63) is 48.1 Å². The van der Waals surface area contributed by atoms with E-state index in [1.54, 1.807) is 0 Å². The number of hydrogen-bond acceptors (Lipinski definition) is 3. The van der Waals surface area contributed by atoms with Gasteiger partial charge in [0.15, 0.2) is 11.6 Å². The van der Waals surface area contributed by atoms with Crippen LogP contribution in [-0.2, 0) is 0 Å². The van der Waals surface area contributed by atoms with E-state index in [2.05, 4.69) is 9.97 Å². The topological polar surface area (TPSA) is 63.1 Å².